The summed E-state index contributed by atoms with van der Waals surface area (Å²) in [6, 6.07) is 7.14. The number of unbranched alkanes of at least 4 members (excludes halogenated alkanes) is 1. The monoisotopic (exact) mass is 286 g/mol. The molecule has 0 saturated carbocycles. The highest BCUT2D eigenvalue weighted by atomic mass is 32.2. The van der Waals surface area contributed by atoms with Crippen LogP contribution in [0.25, 0.3) is 0 Å². The van der Waals surface area contributed by atoms with Gasteiger partial charge in [-0.25, -0.2) is 8.42 Å². The first-order valence-corrected chi connectivity index (χ1v) is 8.57. The van der Waals surface area contributed by atoms with E-state index in [1.165, 1.54) is 6.26 Å². The molecule has 5 heteroatoms. The molecule has 0 heterocycles. The van der Waals surface area contributed by atoms with Crippen LogP contribution in [-0.2, 0) is 9.84 Å². The smallest absolute Gasteiger partial charge is 0.147 e. The van der Waals surface area contributed by atoms with Crippen LogP contribution in [0.2, 0.25) is 0 Å². The minimum Gasteiger partial charge on any atom is -0.494 e. The first-order chi connectivity index (χ1) is 8.92. The molecule has 1 rings (SSSR count). The maximum Gasteiger partial charge on any atom is 0.147 e. The van der Waals surface area contributed by atoms with E-state index in [9.17, 15) is 13.5 Å². The van der Waals surface area contributed by atoms with E-state index >= 15 is 0 Å². The second-order valence-corrected chi connectivity index (χ2v) is 6.97. The van der Waals surface area contributed by atoms with Gasteiger partial charge < -0.3 is 9.84 Å². The van der Waals surface area contributed by atoms with Crippen LogP contribution in [0, 0.1) is 0 Å². The average molecular weight is 286 g/mol. The van der Waals surface area contributed by atoms with Crippen molar-refractivity contribution in [1.29, 1.82) is 0 Å². The minimum absolute atomic E-state index is 0.0110. The summed E-state index contributed by atoms with van der Waals surface area (Å²) in [5.74, 6) is 0.760. The van der Waals surface area contributed by atoms with E-state index in [4.69, 9.17) is 4.74 Å². The van der Waals surface area contributed by atoms with Crippen LogP contribution in [0.5, 0.6) is 5.75 Å². The minimum atomic E-state index is -3.03. The summed E-state index contributed by atoms with van der Waals surface area (Å²) in [5, 5.41) is 9.88. The van der Waals surface area contributed by atoms with Gasteiger partial charge in [0.15, 0.2) is 0 Å². The van der Waals surface area contributed by atoms with Crippen LogP contribution < -0.4 is 4.74 Å². The van der Waals surface area contributed by atoms with Crippen LogP contribution in [0.4, 0.5) is 0 Å². The first kappa shape index (κ1) is 16.0. The molecule has 0 saturated heterocycles. The van der Waals surface area contributed by atoms with Crippen LogP contribution in [0.15, 0.2) is 24.3 Å². The summed E-state index contributed by atoms with van der Waals surface area (Å²) in [6.45, 7) is 2.79. The predicted octanol–water partition coefficient (Wildman–Crippen LogP) is 2.33. The van der Waals surface area contributed by atoms with E-state index in [0.717, 1.165) is 18.6 Å². The van der Waals surface area contributed by atoms with Crippen molar-refractivity contribution in [3.8, 4) is 5.75 Å². The predicted molar refractivity (Wildman–Crippen MR) is 76.1 cm³/mol. The Balaban J connectivity index is 2.50. The van der Waals surface area contributed by atoms with E-state index in [1.54, 1.807) is 24.3 Å². The van der Waals surface area contributed by atoms with Gasteiger partial charge in [0.1, 0.15) is 15.6 Å². The van der Waals surface area contributed by atoms with Gasteiger partial charge in [-0.15, -0.1) is 0 Å². The molecule has 1 atom stereocenters. The van der Waals surface area contributed by atoms with Crippen molar-refractivity contribution < 1.29 is 18.3 Å². The fourth-order valence-electron chi connectivity index (χ4n) is 1.61. The maximum atomic E-state index is 11.0. The lowest BCUT2D eigenvalue weighted by atomic mass is 10.1. The quantitative estimate of drug-likeness (QED) is 0.745. The molecule has 0 aromatic heterocycles. The lowest BCUT2D eigenvalue weighted by molar-refractivity contribution is 0.174. The van der Waals surface area contributed by atoms with Gasteiger partial charge in [0.2, 0.25) is 0 Å². The standard InChI is InChI=1S/C14H22O4S/c1-3-4-10-18-13-7-5-12(6-8-13)14(15)9-11-19(2,16)17/h5-8,14-15H,3-4,9-11H2,1-2H3. The number of sulfone groups is 1. The molecule has 1 aromatic rings. The Labute approximate surface area is 115 Å². The molecule has 19 heavy (non-hydrogen) atoms. The summed E-state index contributed by atoms with van der Waals surface area (Å²) in [7, 11) is -3.03. The van der Waals surface area contributed by atoms with Gasteiger partial charge in [-0.3, -0.25) is 0 Å². The molecule has 0 amide bonds. The molecule has 0 fully saturated rings. The Hall–Kier alpha value is -1.07. The van der Waals surface area contributed by atoms with Gasteiger partial charge in [-0.2, -0.15) is 0 Å². The molecule has 108 valence electrons. The third-order valence-electron chi connectivity index (χ3n) is 2.79. The zero-order valence-corrected chi connectivity index (χ0v) is 12.3. The third-order valence-corrected chi connectivity index (χ3v) is 3.77. The Bertz CT molecular complexity index is 465. The van der Waals surface area contributed by atoms with Crippen molar-refractivity contribution in [2.24, 2.45) is 0 Å². The van der Waals surface area contributed by atoms with Gasteiger partial charge in [-0.1, -0.05) is 25.5 Å². The highest BCUT2D eigenvalue weighted by Gasteiger charge is 2.11. The zero-order valence-electron chi connectivity index (χ0n) is 11.5. The van der Waals surface area contributed by atoms with Crippen LogP contribution >= 0.6 is 0 Å². The van der Waals surface area contributed by atoms with Gasteiger partial charge in [0, 0.05) is 6.26 Å². The van der Waals surface area contributed by atoms with Crippen LogP contribution in [0.3, 0.4) is 0 Å². The molecule has 0 bridgehead atoms. The largest absolute Gasteiger partial charge is 0.494 e. The number of rotatable bonds is 8. The topological polar surface area (TPSA) is 63.6 Å². The van der Waals surface area contributed by atoms with Crippen molar-refractivity contribution in [2.45, 2.75) is 32.3 Å². The van der Waals surface area contributed by atoms with Gasteiger partial charge >= 0.3 is 0 Å². The first-order valence-electron chi connectivity index (χ1n) is 6.51. The Morgan fingerprint density at radius 2 is 1.89 bits per heavy atom. The molecule has 1 unspecified atom stereocenters. The van der Waals surface area contributed by atoms with Crippen molar-refractivity contribution in [3.63, 3.8) is 0 Å². The fourth-order valence-corrected chi connectivity index (χ4v) is 2.26. The number of aliphatic hydroxyl groups excluding tert-OH is 1. The normalized spacial score (nSPS) is 13.2. The molecule has 1 N–H and O–H groups in total. The van der Waals surface area contributed by atoms with E-state index in [1.807, 2.05) is 0 Å². The number of hydrogen-bond donors (Lipinski definition) is 1. The Morgan fingerprint density at radius 3 is 2.42 bits per heavy atom. The molecule has 0 aliphatic heterocycles. The number of benzene rings is 1. The maximum absolute atomic E-state index is 11.0. The second-order valence-electron chi connectivity index (χ2n) is 4.71. The van der Waals surface area contributed by atoms with Crippen molar-refractivity contribution in [1.82, 2.24) is 0 Å². The van der Waals surface area contributed by atoms with Gasteiger partial charge in [-0.05, 0) is 30.5 Å². The SMILES string of the molecule is CCCCOc1ccc(C(O)CCS(C)(=O)=O)cc1. The summed E-state index contributed by atoms with van der Waals surface area (Å²) in [5.41, 5.74) is 0.714. The van der Waals surface area contributed by atoms with Crippen molar-refractivity contribution in [2.75, 3.05) is 18.6 Å². The molecule has 0 radical (unpaired) electrons. The summed E-state index contributed by atoms with van der Waals surface area (Å²) in [6.07, 6.45) is 2.74. The van der Waals surface area contributed by atoms with Crippen LogP contribution in [0.1, 0.15) is 37.9 Å². The van der Waals surface area contributed by atoms with E-state index in [-0.39, 0.29) is 12.2 Å². The van der Waals surface area contributed by atoms with Gasteiger partial charge in [0.05, 0.1) is 18.5 Å². The van der Waals surface area contributed by atoms with Crippen LogP contribution in [-0.4, -0.2) is 32.1 Å². The van der Waals surface area contributed by atoms with E-state index in [2.05, 4.69) is 6.92 Å². The Morgan fingerprint density at radius 1 is 1.26 bits per heavy atom. The number of ether oxygens (including phenoxy) is 1. The van der Waals surface area contributed by atoms with Gasteiger partial charge in [0.25, 0.3) is 0 Å². The average Bonchev–Trinajstić information content (AvgIpc) is 2.36. The van der Waals surface area contributed by atoms with Crippen molar-refractivity contribution >= 4 is 9.84 Å². The molecule has 4 nitrogen and oxygen atoms in total. The fraction of sp³-hybridized carbons (Fsp3) is 0.571. The zero-order chi connectivity index (χ0) is 14.3. The highest BCUT2D eigenvalue weighted by molar-refractivity contribution is 7.90. The molecule has 0 aliphatic carbocycles. The van der Waals surface area contributed by atoms with Crippen molar-refractivity contribution in [3.05, 3.63) is 29.8 Å². The van der Waals surface area contributed by atoms with E-state index in [0.29, 0.717) is 12.2 Å². The van der Waals surface area contributed by atoms with E-state index < -0.39 is 15.9 Å². The molecule has 1 aromatic carbocycles. The number of hydrogen-bond acceptors (Lipinski definition) is 4. The number of aliphatic hydroxyl groups is 1. The third kappa shape index (κ3) is 6.59. The summed E-state index contributed by atoms with van der Waals surface area (Å²) >= 11 is 0. The lowest BCUT2D eigenvalue weighted by Crippen LogP contribution is -2.08. The Kier molecular flexibility index (Phi) is 6.31. The summed E-state index contributed by atoms with van der Waals surface area (Å²) < 4.78 is 27.6. The molecule has 0 aliphatic rings. The lowest BCUT2D eigenvalue weighted by Gasteiger charge is -2.11. The molecular weight excluding hydrogens is 264 g/mol. The molecular formula is C14H22O4S. The highest BCUT2D eigenvalue weighted by Crippen LogP contribution is 2.20. The summed E-state index contributed by atoms with van der Waals surface area (Å²) in [4.78, 5) is 0. The second kappa shape index (κ2) is 7.50. The molecule has 0 spiro atoms.